The molecule has 0 aliphatic carbocycles. The van der Waals surface area contributed by atoms with Crippen molar-refractivity contribution in [1.29, 1.82) is 0 Å². The molecule has 1 aliphatic rings. The van der Waals surface area contributed by atoms with Crippen LogP contribution in [0.2, 0.25) is 0 Å². The van der Waals surface area contributed by atoms with Crippen LogP contribution in [0.5, 0.6) is 0 Å². The molecule has 0 saturated carbocycles. The van der Waals surface area contributed by atoms with Crippen molar-refractivity contribution in [3.8, 4) is 0 Å². The molecule has 1 saturated heterocycles. The molecule has 2 N–H and O–H groups in total. The summed E-state index contributed by atoms with van der Waals surface area (Å²) in [6.07, 6.45) is 1.57. The number of carbonyl (C=O) groups is 1. The van der Waals surface area contributed by atoms with Gasteiger partial charge in [-0.15, -0.1) is 0 Å². The third-order valence-electron chi connectivity index (χ3n) is 4.72. The quantitative estimate of drug-likeness (QED) is 0.416. The summed E-state index contributed by atoms with van der Waals surface area (Å²) in [7, 11) is 3.95. The molecule has 1 atom stereocenters. The van der Waals surface area contributed by atoms with Gasteiger partial charge in [0.15, 0.2) is 5.96 Å². The van der Waals surface area contributed by atoms with Crippen LogP contribution >= 0.6 is 0 Å². The van der Waals surface area contributed by atoms with Crippen LogP contribution in [0.1, 0.15) is 39.2 Å². The Hall–Kier alpha value is -2.28. The van der Waals surface area contributed by atoms with Gasteiger partial charge in [-0.1, -0.05) is 30.3 Å². The van der Waals surface area contributed by atoms with Gasteiger partial charge in [0, 0.05) is 33.2 Å². The highest BCUT2D eigenvalue weighted by Crippen LogP contribution is 2.12. The Bertz CT molecular complexity index is 657. The average Bonchev–Trinajstić information content (AvgIpc) is 3.09. The van der Waals surface area contributed by atoms with Gasteiger partial charge in [-0.3, -0.25) is 4.99 Å². The van der Waals surface area contributed by atoms with Crippen molar-refractivity contribution in [2.75, 3.05) is 40.3 Å². The highest BCUT2D eigenvalue weighted by atomic mass is 16.6. The van der Waals surface area contributed by atoms with Crippen molar-refractivity contribution in [3.05, 3.63) is 35.9 Å². The van der Waals surface area contributed by atoms with Gasteiger partial charge in [-0.25, -0.2) is 4.79 Å². The summed E-state index contributed by atoms with van der Waals surface area (Å²) >= 11 is 0. The number of ether oxygens (including phenoxy) is 1. The lowest BCUT2D eigenvalue weighted by atomic mass is 10.2. The van der Waals surface area contributed by atoms with Crippen LogP contribution in [0.3, 0.4) is 0 Å². The smallest absolute Gasteiger partial charge is 0.407 e. The zero-order chi connectivity index (χ0) is 21.3. The number of hydrogen-bond donors (Lipinski definition) is 2. The molecule has 0 spiro atoms. The lowest BCUT2D eigenvalue weighted by Gasteiger charge is -2.24. The van der Waals surface area contributed by atoms with E-state index in [-0.39, 0.29) is 12.1 Å². The van der Waals surface area contributed by atoms with E-state index in [1.165, 1.54) is 5.56 Å². The van der Waals surface area contributed by atoms with E-state index in [0.717, 1.165) is 51.5 Å². The average molecular weight is 404 g/mol. The molecule has 1 aliphatic heterocycles. The van der Waals surface area contributed by atoms with Crippen molar-refractivity contribution in [2.45, 2.75) is 51.8 Å². The summed E-state index contributed by atoms with van der Waals surface area (Å²) in [6, 6.07) is 10.6. The number of hydrogen-bond acceptors (Lipinski definition) is 4. The van der Waals surface area contributed by atoms with E-state index >= 15 is 0 Å². The summed E-state index contributed by atoms with van der Waals surface area (Å²) in [5.74, 6) is 0.893. The molecule has 1 amide bonds. The fraction of sp³-hybridized carbons (Fsp3) is 0.636. The van der Waals surface area contributed by atoms with E-state index in [1.807, 2.05) is 26.8 Å². The van der Waals surface area contributed by atoms with Gasteiger partial charge in [-0.05, 0) is 52.8 Å². The second-order valence-electron chi connectivity index (χ2n) is 8.63. The number of carbonyl (C=O) groups excluding carboxylic acids is 1. The molecule has 162 valence electrons. The monoisotopic (exact) mass is 403 g/mol. The second kappa shape index (κ2) is 11.0. The molecule has 2 rings (SSSR count). The van der Waals surface area contributed by atoms with Crippen molar-refractivity contribution in [3.63, 3.8) is 0 Å². The first-order valence-corrected chi connectivity index (χ1v) is 10.4. The minimum Gasteiger partial charge on any atom is -0.444 e. The number of aliphatic imine (C=N–C) groups is 1. The molecular weight excluding hydrogens is 366 g/mol. The SMILES string of the molecule is CN=C(NCCCN(C)Cc1ccccc1)N1CCC(NC(=O)OC(C)(C)C)C1. The summed E-state index contributed by atoms with van der Waals surface area (Å²) in [5.41, 5.74) is 0.854. The lowest BCUT2D eigenvalue weighted by Crippen LogP contribution is -2.44. The van der Waals surface area contributed by atoms with Gasteiger partial charge < -0.3 is 25.2 Å². The summed E-state index contributed by atoms with van der Waals surface area (Å²) < 4.78 is 5.35. The third-order valence-corrected chi connectivity index (χ3v) is 4.72. The van der Waals surface area contributed by atoms with E-state index in [1.54, 1.807) is 7.05 Å². The van der Waals surface area contributed by atoms with Gasteiger partial charge in [-0.2, -0.15) is 0 Å². The third kappa shape index (κ3) is 8.73. The zero-order valence-corrected chi connectivity index (χ0v) is 18.6. The molecular formula is C22H37N5O2. The standard InChI is InChI=1S/C22H37N5O2/c1-22(2,3)29-21(28)25-19-12-15-27(17-19)20(23-4)24-13-9-14-26(5)16-18-10-7-6-8-11-18/h6-8,10-11,19H,9,12-17H2,1-5H3,(H,23,24)(H,25,28). The molecule has 1 fully saturated rings. The molecule has 0 radical (unpaired) electrons. The topological polar surface area (TPSA) is 69.2 Å². The number of likely N-dealkylation sites (tertiary alicyclic amines) is 1. The molecule has 1 heterocycles. The highest BCUT2D eigenvalue weighted by Gasteiger charge is 2.27. The predicted molar refractivity (Wildman–Crippen MR) is 118 cm³/mol. The number of benzene rings is 1. The van der Waals surface area contributed by atoms with Crippen LogP contribution in [0.25, 0.3) is 0 Å². The molecule has 0 aromatic heterocycles. The Morgan fingerprint density at radius 1 is 1.31 bits per heavy atom. The molecule has 1 unspecified atom stereocenters. The Kier molecular flexibility index (Phi) is 8.76. The molecule has 7 heteroatoms. The number of amides is 1. The second-order valence-corrected chi connectivity index (χ2v) is 8.63. The van der Waals surface area contributed by atoms with Crippen LogP contribution in [-0.4, -0.2) is 73.8 Å². The lowest BCUT2D eigenvalue weighted by molar-refractivity contribution is 0.0507. The predicted octanol–water partition coefficient (Wildman–Crippen LogP) is 2.68. The fourth-order valence-electron chi connectivity index (χ4n) is 3.40. The minimum absolute atomic E-state index is 0.0837. The molecule has 1 aromatic carbocycles. The van der Waals surface area contributed by atoms with Crippen LogP contribution in [-0.2, 0) is 11.3 Å². The highest BCUT2D eigenvalue weighted by molar-refractivity contribution is 5.80. The first-order chi connectivity index (χ1) is 13.8. The van der Waals surface area contributed by atoms with Crippen molar-refractivity contribution in [1.82, 2.24) is 20.4 Å². The number of alkyl carbamates (subject to hydrolysis) is 1. The van der Waals surface area contributed by atoms with E-state index in [0.29, 0.717) is 0 Å². The summed E-state index contributed by atoms with van der Waals surface area (Å²) in [6.45, 7) is 10.1. The normalized spacial score (nSPS) is 17.5. The molecule has 7 nitrogen and oxygen atoms in total. The van der Waals surface area contributed by atoms with Gasteiger partial charge in [0.1, 0.15) is 5.60 Å². The summed E-state index contributed by atoms with van der Waals surface area (Å²) in [5, 5.41) is 6.41. The largest absolute Gasteiger partial charge is 0.444 e. The molecule has 0 bridgehead atoms. The Labute approximate surface area is 175 Å². The zero-order valence-electron chi connectivity index (χ0n) is 18.6. The van der Waals surface area contributed by atoms with Crippen LogP contribution < -0.4 is 10.6 Å². The number of nitrogens with zero attached hydrogens (tertiary/aromatic N) is 3. The molecule has 1 aromatic rings. The number of rotatable bonds is 7. The van der Waals surface area contributed by atoms with Crippen LogP contribution in [0, 0.1) is 0 Å². The maximum Gasteiger partial charge on any atom is 0.407 e. The van der Waals surface area contributed by atoms with E-state index < -0.39 is 5.60 Å². The Balaban J connectivity index is 1.66. The van der Waals surface area contributed by atoms with Gasteiger partial charge in [0.25, 0.3) is 0 Å². The van der Waals surface area contributed by atoms with Crippen LogP contribution in [0.15, 0.2) is 35.3 Å². The van der Waals surface area contributed by atoms with Crippen molar-refractivity contribution in [2.24, 2.45) is 4.99 Å². The van der Waals surface area contributed by atoms with Crippen molar-refractivity contribution < 1.29 is 9.53 Å². The number of guanidine groups is 1. The molecule has 29 heavy (non-hydrogen) atoms. The Morgan fingerprint density at radius 2 is 2.03 bits per heavy atom. The first kappa shape index (κ1) is 23.0. The minimum atomic E-state index is -0.479. The van der Waals surface area contributed by atoms with Crippen LogP contribution in [0.4, 0.5) is 4.79 Å². The van der Waals surface area contributed by atoms with E-state index in [4.69, 9.17) is 4.74 Å². The van der Waals surface area contributed by atoms with Gasteiger partial charge in [0.2, 0.25) is 0 Å². The maximum absolute atomic E-state index is 12.0. The number of nitrogens with one attached hydrogen (secondary N) is 2. The van der Waals surface area contributed by atoms with E-state index in [9.17, 15) is 4.79 Å². The van der Waals surface area contributed by atoms with Gasteiger partial charge in [0.05, 0.1) is 6.04 Å². The van der Waals surface area contributed by atoms with Crippen molar-refractivity contribution >= 4 is 12.1 Å². The van der Waals surface area contributed by atoms with E-state index in [2.05, 4.69) is 56.7 Å². The summed E-state index contributed by atoms with van der Waals surface area (Å²) in [4.78, 5) is 20.9. The first-order valence-electron chi connectivity index (χ1n) is 10.4. The van der Waals surface area contributed by atoms with Gasteiger partial charge >= 0.3 is 6.09 Å². The Morgan fingerprint density at radius 3 is 2.69 bits per heavy atom. The fourth-order valence-corrected chi connectivity index (χ4v) is 3.40. The maximum atomic E-state index is 12.0.